The van der Waals surface area contributed by atoms with Gasteiger partial charge >= 0.3 is 41.6 Å². The number of para-hydroxylation sites is 1. The molecule has 0 saturated carbocycles. The third kappa shape index (κ3) is 3.72. The predicted molar refractivity (Wildman–Crippen MR) is 111 cm³/mol. The zero-order valence-corrected chi connectivity index (χ0v) is 19.6. The molecule has 2 aromatic carbocycles. The molecule has 3 heterocycles. The molecular weight excluding hydrogens is 424 g/mol. The van der Waals surface area contributed by atoms with Crippen molar-refractivity contribution >= 4 is 28.8 Å². The van der Waals surface area contributed by atoms with Gasteiger partial charge in [-0.3, -0.25) is 14.5 Å². The second kappa shape index (κ2) is 8.69. The Bertz CT molecular complexity index is 1230. The minimum absolute atomic E-state index is 0. The summed E-state index contributed by atoms with van der Waals surface area (Å²) in [5.41, 5.74) is 3.91. The second-order valence-electron chi connectivity index (χ2n) is 7.92. The Morgan fingerprint density at radius 1 is 1.12 bits per heavy atom. The quantitative estimate of drug-likeness (QED) is 0.447. The minimum atomic E-state index is -1.05. The number of amides is 3. The average molecular weight is 445 g/mol. The number of imide groups is 1. The van der Waals surface area contributed by atoms with Crippen molar-refractivity contribution in [2.45, 2.75) is 32.0 Å². The van der Waals surface area contributed by atoms with Gasteiger partial charge in [0.05, 0.1) is 13.0 Å². The number of urea groups is 1. The van der Waals surface area contributed by atoms with E-state index in [1.165, 1.54) is 17.0 Å². The van der Waals surface area contributed by atoms with E-state index in [1.54, 1.807) is 12.1 Å². The van der Waals surface area contributed by atoms with Crippen LogP contribution in [0.5, 0.6) is 0 Å². The molecule has 32 heavy (non-hydrogen) atoms. The van der Waals surface area contributed by atoms with Crippen LogP contribution in [0.15, 0.2) is 48.5 Å². The number of hydrogen-bond donors (Lipinski definition) is 1. The summed E-state index contributed by atoms with van der Waals surface area (Å²) in [6.45, 7) is 0.657. The molecule has 0 radical (unpaired) electrons. The van der Waals surface area contributed by atoms with E-state index >= 15 is 0 Å². The van der Waals surface area contributed by atoms with Crippen molar-refractivity contribution in [1.29, 1.82) is 0 Å². The number of fused-ring (bicyclic) bond motifs is 4. The topological polar surface area (TPSA) is 82.8 Å². The maximum Gasteiger partial charge on any atom is 1.00 e. The third-order valence-corrected chi connectivity index (χ3v) is 6.12. The van der Waals surface area contributed by atoms with Gasteiger partial charge in [0.2, 0.25) is 0 Å². The zero-order chi connectivity index (χ0) is 21.7. The normalized spacial score (nSPS) is 17.3. The van der Waals surface area contributed by atoms with Crippen LogP contribution >= 0.6 is 0 Å². The molecule has 0 bridgehead atoms. The number of carboxylic acids is 1. The Morgan fingerprint density at radius 3 is 2.56 bits per heavy atom. The predicted octanol–water partition coefficient (Wildman–Crippen LogP) is 0.109. The van der Waals surface area contributed by atoms with Gasteiger partial charge in [-0.2, -0.15) is 0 Å². The Hall–Kier alpha value is -2.68. The van der Waals surface area contributed by atoms with Crippen molar-refractivity contribution < 1.29 is 54.9 Å². The Labute approximate surface area is 207 Å². The van der Waals surface area contributed by atoms with E-state index < -0.39 is 18.0 Å². The number of carboxylic acid groups (broad SMARTS) is 1. The fraction of sp³-hybridized carbons (Fsp3) is 0.261. The van der Waals surface area contributed by atoms with Crippen LogP contribution in [0.3, 0.4) is 0 Å². The number of carbonyl (C=O) groups excluding carboxylic acids is 2. The van der Waals surface area contributed by atoms with E-state index in [9.17, 15) is 18.8 Å². The van der Waals surface area contributed by atoms with E-state index in [1.807, 2.05) is 24.3 Å². The standard InChI is InChI=1S/C23H20FN3O4.Na.H/c24-15-7-5-14(6-8-15)12-26-18-4-2-1-3-16(18)17-11-19-22(30)25(10-9-21(28)29)23(31)27(19)13-20(17)26;;/h1-8,19H,9-13H2,(H,28,29);;/q;+1;-1/t19-;;/m0../s1. The molecule has 3 amide bonds. The number of hydrogen-bond acceptors (Lipinski definition) is 3. The Balaban J connectivity index is 0.00000153. The molecule has 1 aromatic heterocycles. The molecule has 7 nitrogen and oxygen atoms in total. The molecular formula is C23H21FN3NaO4. The molecule has 1 atom stereocenters. The van der Waals surface area contributed by atoms with Gasteiger partial charge in [-0.25, -0.2) is 9.18 Å². The summed E-state index contributed by atoms with van der Waals surface area (Å²) in [4.78, 5) is 39.3. The summed E-state index contributed by atoms with van der Waals surface area (Å²) in [5.74, 6) is -1.69. The van der Waals surface area contributed by atoms with Gasteiger partial charge in [-0.05, 0) is 29.3 Å². The fourth-order valence-electron chi connectivity index (χ4n) is 4.63. The summed E-state index contributed by atoms with van der Waals surface area (Å²) in [7, 11) is 0. The molecule has 2 aliphatic heterocycles. The number of carbonyl (C=O) groups is 3. The number of aromatic nitrogens is 1. The molecule has 160 valence electrons. The monoisotopic (exact) mass is 445 g/mol. The smallest absolute Gasteiger partial charge is 1.00 e. The average Bonchev–Trinajstić information content (AvgIpc) is 3.19. The van der Waals surface area contributed by atoms with Crippen LogP contribution in [0, 0.1) is 5.82 Å². The van der Waals surface area contributed by atoms with Gasteiger partial charge in [0, 0.05) is 36.1 Å². The van der Waals surface area contributed by atoms with Crippen LogP contribution in [0.1, 0.15) is 24.7 Å². The van der Waals surface area contributed by atoms with Crippen molar-refractivity contribution in [3.63, 3.8) is 0 Å². The summed E-state index contributed by atoms with van der Waals surface area (Å²) < 4.78 is 15.5. The summed E-state index contributed by atoms with van der Waals surface area (Å²) in [6, 6.07) is 13.2. The first kappa shape index (κ1) is 22.5. The molecule has 0 spiro atoms. The molecule has 3 aromatic rings. The van der Waals surface area contributed by atoms with Crippen LogP contribution in [-0.2, 0) is 29.1 Å². The van der Waals surface area contributed by atoms with Crippen molar-refractivity contribution in [2.24, 2.45) is 0 Å². The molecule has 9 heteroatoms. The number of halogens is 1. The third-order valence-electron chi connectivity index (χ3n) is 6.12. The molecule has 1 fully saturated rings. The SMILES string of the molecule is O=C(O)CCN1C(=O)[C@@H]2Cc3c(n(Cc4ccc(F)cc4)c4ccccc34)CN2C1=O.[H-].[Na+]. The number of benzene rings is 2. The Kier molecular flexibility index (Phi) is 6.11. The molecule has 0 unspecified atom stereocenters. The second-order valence-corrected chi connectivity index (χ2v) is 7.92. The first-order valence-corrected chi connectivity index (χ1v) is 10.1. The first-order chi connectivity index (χ1) is 14.9. The van der Waals surface area contributed by atoms with Gasteiger partial charge in [0.15, 0.2) is 0 Å². The van der Waals surface area contributed by atoms with E-state index in [0.29, 0.717) is 13.0 Å². The molecule has 1 saturated heterocycles. The van der Waals surface area contributed by atoms with Crippen molar-refractivity contribution in [1.82, 2.24) is 14.4 Å². The number of rotatable bonds is 5. The van der Waals surface area contributed by atoms with Crippen molar-refractivity contribution in [3.8, 4) is 0 Å². The van der Waals surface area contributed by atoms with Gasteiger partial charge in [0.25, 0.3) is 5.91 Å². The fourth-order valence-corrected chi connectivity index (χ4v) is 4.63. The number of aliphatic carboxylic acids is 1. The van der Waals surface area contributed by atoms with Crippen molar-refractivity contribution in [3.05, 3.63) is 71.2 Å². The van der Waals surface area contributed by atoms with Gasteiger partial charge in [-0.1, -0.05) is 30.3 Å². The molecule has 2 aliphatic rings. The van der Waals surface area contributed by atoms with Crippen LogP contribution < -0.4 is 29.6 Å². The summed E-state index contributed by atoms with van der Waals surface area (Å²) in [6.07, 6.45) is 0.116. The zero-order valence-electron chi connectivity index (χ0n) is 18.6. The van der Waals surface area contributed by atoms with Gasteiger partial charge in [-0.15, -0.1) is 0 Å². The number of nitrogens with zero attached hydrogens (tertiary/aromatic N) is 3. The van der Waals surface area contributed by atoms with Crippen LogP contribution in [0.25, 0.3) is 10.9 Å². The minimum Gasteiger partial charge on any atom is -1.00 e. The summed E-state index contributed by atoms with van der Waals surface area (Å²) >= 11 is 0. The molecule has 5 rings (SSSR count). The van der Waals surface area contributed by atoms with Gasteiger partial charge < -0.3 is 16.0 Å². The Morgan fingerprint density at radius 2 is 1.84 bits per heavy atom. The van der Waals surface area contributed by atoms with Crippen molar-refractivity contribution in [2.75, 3.05) is 6.54 Å². The molecule has 0 aliphatic carbocycles. The van der Waals surface area contributed by atoms with E-state index in [-0.39, 0.29) is 62.2 Å². The van der Waals surface area contributed by atoms with E-state index in [0.717, 1.165) is 32.6 Å². The molecule has 1 N–H and O–H groups in total. The maximum atomic E-state index is 13.3. The van der Waals surface area contributed by atoms with Crippen LogP contribution in [-0.4, -0.2) is 50.0 Å². The van der Waals surface area contributed by atoms with Crippen LogP contribution in [0.2, 0.25) is 0 Å². The van der Waals surface area contributed by atoms with Crippen LogP contribution in [0.4, 0.5) is 9.18 Å². The maximum absolute atomic E-state index is 13.3. The largest absolute Gasteiger partial charge is 1.00 e. The summed E-state index contributed by atoms with van der Waals surface area (Å²) in [5, 5.41) is 9.97. The van der Waals surface area contributed by atoms with Gasteiger partial charge in [0.1, 0.15) is 11.9 Å². The first-order valence-electron chi connectivity index (χ1n) is 10.1. The van der Waals surface area contributed by atoms with E-state index in [4.69, 9.17) is 5.11 Å². The van der Waals surface area contributed by atoms with E-state index in [2.05, 4.69) is 4.57 Å².